The van der Waals surface area contributed by atoms with Crippen LogP contribution in [0.2, 0.25) is 0 Å². The first-order valence-electron chi connectivity index (χ1n) is 4.52. The monoisotopic (exact) mass is 220 g/mol. The number of nitrogens with zero attached hydrogens (tertiary/aromatic N) is 2. The number of hydrogen-bond donors (Lipinski definition) is 1. The van der Waals surface area contributed by atoms with Crippen molar-refractivity contribution >= 4 is 23.5 Å². The maximum absolute atomic E-state index is 11.3. The highest BCUT2D eigenvalue weighted by Gasteiger charge is 2.28. The Morgan fingerprint density at radius 3 is 2.69 bits per heavy atom. The van der Waals surface area contributed by atoms with Gasteiger partial charge in [0, 0.05) is 0 Å². The van der Waals surface area contributed by atoms with E-state index in [9.17, 15) is 9.59 Å². The van der Waals surface area contributed by atoms with Gasteiger partial charge in [-0.3, -0.25) is 9.80 Å². The van der Waals surface area contributed by atoms with Crippen LogP contribution in [0, 0.1) is 0 Å². The predicted octanol–water partition coefficient (Wildman–Crippen LogP) is 1.08. The van der Waals surface area contributed by atoms with Gasteiger partial charge < -0.3 is 9.84 Å². The number of hydrogen-bond acceptors (Lipinski definition) is 5. The molecular formula is C10H8N2O4. The number of para-hydroxylation sites is 1. The van der Waals surface area contributed by atoms with Crippen LogP contribution in [0.5, 0.6) is 0 Å². The Labute approximate surface area is 90.7 Å². The lowest BCUT2D eigenvalue weighted by molar-refractivity contribution is -0.112. The van der Waals surface area contributed by atoms with Crippen molar-refractivity contribution in [3.63, 3.8) is 0 Å². The minimum absolute atomic E-state index is 0.00731. The summed E-state index contributed by atoms with van der Waals surface area (Å²) in [5, 5.41) is 13.5. The molecule has 6 heteroatoms. The number of ketones is 1. The Balaban J connectivity index is 2.19. The van der Waals surface area contributed by atoms with Crippen LogP contribution < -0.4 is 5.01 Å². The fourth-order valence-corrected chi connectivity index (χ4v) is 1.31. The van der Waals surface area contributed by atoms with Gasteiger partial charge in [0.2, 0.25) is 5.78 Å². The molecule has 1 aromatic carbocycles. The van der Waals surface area contributed by atoms with E-state index in [4.69, 9.17) is 5.11 Å². The fraction of sp³-hybridized carbons (Fsp3) is 0.100. The number of carboxylic acid groups (broad SMARTS) is 1. The minimum Gasteiger partial charge on any atom is -0.449 e. The van der Waals surface area contributed by atoms with Gasteiger partial charge in [0.1, 0.15) is 6.54 Å². The van der Waals surface area contributed by atoms with E-state index in [1.165, 1.54) is 5.01 Å². The summed E-state index contributed by atoms with van der Waals surface area (Å²) >= 11 is 0. The number of hydrazone groups is 1. The summed E-state index contributed by atoms with van der Waals surface area (Å²) in [4.78, 5) is 21.6. The molecule has 0 atom stereocenters. The van der Waals surface area contributed by atoms with Gasteiger partial charge in [-0.25, -0.2) is 4.79 Å². The molecule has 1 aliphatic rings. The molecule has 0 saturated carbocycles. The Kier molecular flexibility index (Phi) is 2.55. The zero-order valence-electron chi connectivity index (χ0n) is 8.16. The molecular weight excluding hydrogens is 212 g/mol. The average Bonchev–Trinajstić information content (AvgIpc) is 2.61. The second-order valence-electron chi connectivity index (χ2n) is 3.09. The molecule has 0 aliphatic carbocycles. The van der Waals surface area contributed by atoms with E-state index in [1.54, 1.807) is 24.3 Å². The maximum atomic E-state index is 11.3. The Morgan fingerprint density at radius 1 is 1.38 bits per heavy atom. The van der Waals surface area contributed by atoms with Crippen molar-refractivity contribution in [1.29, 1.82) is 0 Å². The summed E-state index contributed by atoms with van der Waals surface area (Å²) in [5.41, 5.74) is 0.708. The van der Waals surface area contributed by atoms with Crippen LogP contribution in [0.1, 0.15) is 0 Å². The summed E-state index contributed by atoms with van der Waals surface area (Å²) < 4.78 is 4.25. The number of rotatable bonds is 1. The van der Waals surface area contributed by atoms with Crippen LogP contribution >= 0.6 is 0 Å². The van der Waals surface area contributed by atoms with Crippen molar-refractivity contribution in [2.45, 2.75) is 0 Å². The number of ether oxygens (including phenoxy) is 1. The van der Waals surface area contributed by atoms with Gasteiger partial charge in [0.15, 0.2) is 0 Å². The molecule has 0 radical (unpaired) electrons. The van der Waals surface area contributed by atoms with Crippen molar-refractivity contribution in [3.05, 3.63) is 30.3 Å². The van der Waals surface area contributed by atoms with Gasteiger partial charge in [-0.1, -0.05) is 18.2 Å². The van der Waals surface area contributed by atoms with Crippen molar-refractivity contribution < 1.29 is 19.4 Å². The van der Waals surface area contributed by atoms with Crippen molar-refractivity contribution in [3.8, 4) is 0 Å². The molecule has 0 unspecified atom stereocenters. The molecule has 1 aromatic rings. The zero-order chi connectivity index (χ0) is 11.5. The van der Waals surface area contributed by atoms with E-state index in [0.29, 0.717) is 5.69 Å². The topological polar surface area (TPSA) is 79.2 Å². The van der Waals surface area contributed by atoms with Gasteiger partial charge in [0.05, 0.1) is 5.69 Å². The van der Waals surface area contributed by atoms with E-state index in [2.05, 4.69) is 9.84 Å². The number of anilines is 1. The molecule has 0 spiro atoms. The molecule has 0 saturated heterocycles. The third-order valence-electron chi connectivity index (χ3n) is 1.98. The van der Waals surface area contributed by atoms with E-state index in [-0.39, 0.29) is 6.54 Å². The van der Waals surface area contributed by atoms with Gasteiger partial charge in [0.25, 0.3) is 5.90 Å². The number of benzene rings is 1. The molecule has 82 valence electrons. The average molecular weight is 220 g/mol. The van der Waals surface area contributed by atoms with Crippen molar-refractivity contribution in [2.24, 2.45) is 5.10 Å². The quantitative estimate of drug-likeness (QED) is 0.716. The lowest BCUT2D eigenvalue weighted by Gasteiger charge is -2.10. The molecule has 1 aliphatic heterocycles. The first-order chi connectivity index (χ1) is 7.66. The highest BCUT2D eigenvalue weighted by atomic mass is 16.7. The molecule has 1 N–H and O–H groups in total. The van der Waals surface area contributed by atoms with Crippen LogP contribution in [0.4, 0.5) is 10.5 Å². The lowest BCUT2D eigenvalue weighted by Crippen LogP contribution is -2.21. The van der Waals surface area contributed by atoms with E-state index in [1.807, 2.05) is 6.07 Å². The molecule has 1 heterocycles. The van der Waals surface area contributed by atoms with Crippen LogP contribution in [0.15, 0.2) is 35.4 Å². The summed E-state index contributed by atoms with van der Waals surface area (Å²) in [6, 6.07) is 8.96. The molecule has 0 fully saturated rings. The Morgan fingerprint density at radius 2 is 2.06 bits per heavy atom. The minimum atomic E-state index is -1.54. The summed E-state index contributed by atoms with van der Waals surface area (Å²) in [6.45, 7) is -0.00731. The second kappa shape index (κ2) is 4.01. The molecule has 2 rings (SSSR count). The largest absolute Gasteiger partial charge is 0.512 e. The SMILES string of the molecule is O=C(O)OC1=NN(c2ccccc2)CC1=O. The summed E-state index contributed by atoms with van der Waals surface area (Å²) in [7, 11) is 0. The Hall–Kier alpha value is -2.37. The fourth-order valence-electron chi connectivity index (χ4n) is 1.31. The zero-order valence-corrected chi connectivity index (χ0v) is 8.16. The van der Waals surface area contributed by atoms with Crippen LogP contribution in [0.25, 0.3) is 0 Å². The summed E-state index contributed by atoms with van der Waals surface area (Å²) in [6.07, 6.45) is -1.54. The van der Waals surface area contributed by atoms with Gasteiger partial charge in [-0.2, -0.15) is 0 Å². The molecule has 16 heavy (non-hydrogen) atoms. The van der Waals surface area contributed by atoms with Crippen LogP contribution in [0.3, 0.4) is 0 Å². The van der Waals surface area contributed by atoms with E-state index in [0.717, 1.165) is 0 Å². The highest BCUT2D eigenvalue weighted by Crippen LogP contribution is 2.17. The third kappa shape index (κ3) is 2.00. The molecule has 6 nitrogen and oxygen atoms in total. The number of carbonyl (C=O) groups is 2. The van der Waals surface area contributed by atoms with Gasteiger partial charge >= 0.3 is 6.16 Å². The highest BCUT2D eigenvalue weighted by molar-refractivity contribution is 6.40. The van der Waals surface area contributed by atoms with Crippen LogP contribution in [-0.2, 0) is 9.53 Å². The molecule has 0 bridgehead atoms. The maximum Gasteiger partial charge on any atom is 0.512 e. The van der Waals surface area contributed by atoms with Crippen molar-refractivity contribution in [1.82, 2.24) is 0 Å². The second-order valence-corrected chi connectivity index (χ2v) is 3.09. The number of carbonyl (C=O) groups excluding carboxylic acids is 1. The lowest BCUT2D eigenvalue weighted by atomic mass is 10.3. The van der Waals surface area contributed by atoms with Crippen LogP contribution in [-0.4, -0.2) is 29.5 Å². The van der Waals surface area contributed by atoms with Crippen molar-refractivity contribution in [2.75, 3.05) is 11.6 Å². The first-order valence-corrected chi connectivity index (χ1v) is 4.52. The molecule has 0 aromatic heterocycles. The standard InChI is InChI=1S/C10H8N2O4/c13-8-6-12(7-4-2-1-3-5-7)11-9(8)16-10(14)15/h1-5H,6H2,(H,14,15). The Bertz CT molecular complexity index is 455. The molecule has 0 amide bonds. The summed E-state index contributed by atoms with van der Waals surface area (Å²) in [5.74, 6) is -0.845. The predicted molar refractivity (Wildman–Crippen MR) is 55.3 cm³/mol. The first kappa shape index (κ1) is 10.2. The number of Topliss-reactive ketones (excluding diaryl/α,β-unsaturated/α-hetero) is 1. The van der Waals surface area contributed by atoms with Gasteiger partial charge in [-0.05, 0) is 12.1 Å². The third-order valence-corrected chi connectivity index (χ3v) is 1.98. The van der Waals surface area contributed by atoms with Gasteiger partial charge in [-0.15, -0.1) is 5.10 Å². The van der Waals surface area contributed by atoms with E-state index < -0.39 is 17.8 Å². The van der Waals surface area contributed by atoms with E-state index >= 15 is 0 Å². The normalized spacial score (nSPS) is 14.9. The smallest absolute Gasteiger partial charge is 0.449 e.